The smallest absolute Gasteiger partial charge is 0.125 e. The summed E-state index contributed by atoms with van der Waals surface area (Å²) >= 11 is 0. The van der Waals surface area contributed by atoms with E-state index < -0.39 is 0 Å². The van der Waals surface area contributed by atoms with Gasteiger partial charge in [0, 0.05) is 18.8 Å². The Morgan fingerprint density at radius 1 is 1.43 bits per heavy atom. The minimum absolute atomic E-state index is 0.138. The van der Waals surface area contributed by atoms with E-state index in [1.807, 2.05) is 6.07 Å². The van der Waals surface area contributed by atoms with Crippen molar-refractivity contribution in [3.8, 4) is 0 Å². The SMILES string of the molecule is C[C@@H]1CCCN(c2cccc(F)c2)C1. The fourth-order valence-corrected chi connectivity index (χ4v) is 2.10. The maximum atomic E-state index is 13.0. The lowest BCUT2D eigenvalue weighted by molar-refractivity contribution is 0.446. The second kappa shape index (κ2) is 3.99. The first kappa shape index (κ1) is 9.50. The van der Waals surface area contributed by atoms with E-state index in [0.29, 0.717) is 0 Å². The lowest BCUT2D eigenvalue weighted by Gasteiger charge is -2.32. The van der Waals surface area contributed by atoms with E-state index in [-0.39, 0.29) is 5.82 Å². The molecule has 2 rings (SSSR count). The number of halogens is 1. The van der Waals surface area contributed by atoms with Gasteiger partial charge in [-0.2, -0.15) is 0 Å². The Morgan fingerprint density at radius 2 is 2.29 bits per heavy atom. The number of piperidine rings is 1. The minimum atomic E-state index is -0.138. The van der Waals surface area contributed by atoms with Crippen LogP contribution < -0.4 is 4.90 Å². The summed E-state index contributed by atoms with van der Waals surface area (Å²) in [7, 11) is 0. The van der Waals surface area contributed by atoms with Gasteiger partial charge in [0.05, 0.1) is 0 Å². The van der Waals surface area contributed by atoms with Crippen molar-refractivity contribution in [2.75, 3.05) is 18.0 Å². The first-order chi connectivity index (χ1) is 6.75. The van der Waals surface area contributed by atoms with Crippen molar-refractivity contribution in [1.82, 2.24) is 0 Å². The van der Waals surface area contributed by atoms with Crippen LogP contribution in [0, 0.1) is 11.7 Å². The van der Waals surface area contributed by atoms with Crippen molar-refractivity contribution >= 4 is 5.69 Å². The Labute approximate surface area is 84.5 Å². The summed E-state index contributed by atoms with van der Waals surface area (Å²) in [6.07, 6.45) is 2.52. The zero-order chi connectivity index (χ0) is 9.97. The lowest BCUT2D eigenvalue weighted by atomic mass is 10.00. The minimum Gasteiger partial charge on any atom is -0.371 e. The van der Waals surface area contributed by atoms with Crippen molar-refractivity contribution in [3.05, 3.63) is 30.1 Å². The fraction of sp³-hybridized carbons (Fsp3) is 0.500. The summed E-state index contributed by atoms with van der Waals surface area (Å²) in [5.74, 6) is 0.591. The molecule has 1 nitrogen and oxygen atoms in total. The van der Waals surface area contributed by atoms with E-state index in [9.17, 15) is 4.39 Å². The van der Waals surface area contributed by atoms with Gasteiger partial charge in [0.2, 0.25) is 0 Å². The van der Waals surface area contributed by atoms with Gasteiger partial charge in [-0.05, 0) is 37.0 Å². The zero-order valence-corrected chi connectivity index (χ0v) is 8.54. The molecule has 1 aliphatic rings. The second-order valence-corrected chi connectivity index (χ2v) is 4.17. The summed E-state index contributed by atoms with van der Waals surface area (Å²) < 4.78 is 13.0. The molecule has 0 aromatic heterocycles. The van der Waals surface area contributed by atoms with Gasteiger partial charge >= 0.3 is 0 Å². The van der Waals surface area contributed by atoms with Gasteiger partial charge in [-0.25, -0.2) is 4.39 Å². The van der Waals surface area contributed by atoms with Gasteiger partial charge in [-0.3, -0.25) is 0 Å². The molecule has 1 saturated heterocycles. The molecule has 1 fully saturated rings. The topological polar surface area (TPSA) is 3.24 Å². The molecule has 1 aromatic carbocycles. The largest absolute Gasteiger partial charge is 0.371 e. The Bertz CT molecular complexity index is 311. The summed E-state index contributed by atoms with van der Waals surface area (Å²) in [5, 5.41) is 0. The Balaban J connectivity index is 2.14. The molecule has 2 heteroatoms. The normalized spacial score (nSPS) is 22.4. The van der Waals surface area contributed by atoms with Crippen molar-refractivity contribution in [3.63, 3.8) is 0 Å². The summed E-state index contributed by atoms with van der Waals surface area (Å²) in [6, 6.07) is 6.89. The highest BCUT2D eigenvalue weighted by Crippen LogP contribution is 2.23. The van der Waals surface area contributed by atoms with E-state index in [4.69, 9.17) is 0 Å². The average molecular weight is 193 g/mol. The summed E-state index contributed by atoms with van der Waals surface area (Å²) in [6.45, 7) is 4.38. The number of hydrogen-bond donors (Lipinski definition) is 0. The van der Waals surface area contributed by atoms with Crippen molar-refractivity contribution in [2.45, 2.75) is 19.8 Å². The zero-order valence-electron chi connectivity index (χ0n) is 8.54. The molecule has 0 saturated carbocycles. The molecule has 1 heterocycles. The predicted molar refractivity (Wildman–Crippen MR) is 57.0 cm³/mol. The van der Waals surface area contributed by atoms with E-state index in [0.717, 1.165) is 24.7 Å². The molecule has 0 unspecified atom stereocenters. The van der Waals surface area contributed by atoms with Crippen molar-refractivity contribution < 1.29 is 4.39 Å². The van der Waals surface area contributed by atoms with Crippen LogP contribution in [-0.4, -0.2) is 13.1 Å². The second-order valence-electron chi connectivity index (χ2n) is 4.17. The molecule has 76 valence electrons. The van der Waals surface area contributed by atoms with Crippen LogP contribution in [0.4, 0.5) is 10.1 Å². The number of nitrogens with zero attached hydrogens (tertiary/aromatic N) is 1. The Kier molecular flexibility index (Phi) is 2.71. The van der Waals surface area contributed by atoms with Crippen LogP contribution in [0.5, 0.6) is 0 Å². The monoisotopic (exact) mass is 193 g/mol. The van der Waals surface area contributed by atoms with E-state index in [1.165, 1.54) is 18.9 Å². The average Bonchev–Trinajstić information content (AvgIpc) is 2.18. The lowest BCUT2D eigenvalue weighted by Crippen LogP contribution is -2.34. The molecule has 1 aliphatic heterocycles. The maximum Gasteiger partial charge on any atom is 0.125 e. The van der Waals surface area contributed by atoms with E-state index >= 15 is 0 Å². The van der Waals surface area contributed by atoms with Crippen molar-refractivity contribution in [2.24, 2.45) is 5.92 Å². The van der Waals surface area contributed by atoms with Crippen LogP contribution in [-0.2, 0) is 0 Å². The first-order valence-corrected chi connectivity index (χ1v) is 5.26. The van der Waals surface area contributed by atoms with Crippen LogP contribution in [0.25, 0.3) is 0 Å². The van der Waals surface area contributed by atoms with Gasteiger partial charge in [-0.15, -0.1) is 0 Å². The number of hydrogen-bond acceptors (Lipinski definition) is 1. The molecule has 0 spiro atoms. The van der Waals surface area contributed by atoms with E-state index in [1.54, 1.807) is 12.1 Å². The molecular formula is C12H16FN. The van der Waals surface area contributed by atoms with Crippen molar-refractivity contribution in [1.29, 1.82) is 0 Å². The molecule has 0 aliphatic carbocycles. The highest BCUT2D eigenvalue weighted by Gasteiger charge is 2.16. The maximum absolute atomic E-state index is 13.0. The number of benzene rings is 1. The fourth-order valence-electron chi connectivity index (χ4n) is 2.10. The standard InChI is InChI=1S/C12H16FN/c1-10-4-3-7-14(9-10)12-6-2-5-11(13)8-12/h2,5-6,8,10H,3-4,7,9H2,1H3/t10-/m1/s1. The number of rotatable bonds is 1. The Hall–Kier alpha value is -1.05. The van der Waals surface area contributed by atoms with Crippen LogP contribution >= 0.6 is 0 Å². The highest BCUT2D eigenvalue weighted by atomic mass is 19.1. The summed E-state index contributed by atoms with van der Waals surface area (Å²) in [4.78, 5) is 2.28. The third kappa shape index (κ3) is 2.06. The van der Waals surface area contributed by atoms with Gasteiger partial charge in [-0.1, -0.05) is 13.0 Å². The number of anilines is 1. The third-order valence-corrected chi connectivity index (χ3v) is 2.83. The molecular weight excluding hydrogens is 177 g/mol. The van der Waals surface area contributed by atoms with Gasteiger partial charge < -0.3 is 4.90 Å². The molecule has 1 aromatic rings. The molecule has 0 radical (unpaired) electrons. The molecule has 14 heavy (non-hydrogen) atoms. The van der Waals surface area contributed by atoms with Crippen LogP contribution in [0.15, 0.2) is 24.3 Å². The van der Waals surface area contributed by atoms with E-state index in [2.05, 4.69) is 11.8 Å². The summed E-state index contributed by atoms with van der Waals surface area (Å²) in [5.41, 5.74) is 1.02. The highest BCUT2D eigenvalue weighted by molar-refractivity contribution is 5.46. The van der Waals surface area contributed by atoms with Crippen LogP contribution in [0.3, 0.4) is 0 Å². The first-order valence-electron chi connectivity index (χ1n) is 5.26. The third-order valence-electron chi connectivity index (χ3n) is 2.83. The molecule has 0 N–H and O–H groups in total. The molecule has 1 atom stereocenters. The predicted octanol–water partition coefficient (Wildman–Crippen LogP) is 3.06. The van der Waals surface area contributed by atoms with Gasteiger partial charge in [0.25, 0.3) is 0 Å². The molecule has 0 bridgehead atoms. The Morgan fingerprint density at radius 3 is 3.00 bits per heavy atom. The van der Waals surface area contributed by atoms with Gasteiger partial charge in [0.1, 0.15) is 5.82 Å². The van der Waals surface area contributed by atoms with Crippen LogP contribution in [0.1, 0.15) is 19.8 Å². The van der Waals surface area contributed by atoms with Crippen LogP contribution in [0.2, 0.25) is 0 Å². The molecule has 0 amide bonds. The van der Waals surface area contributed by atoms with Gasteiger partial charge in [0.15, 0.2) is 0 Å². The quantitative estimate of drug-likeness (QED) is 0.662.